The maximum atomic E-state index is 12.3. The Bertz CT molecular complexity index is 1090. The molecule has 0 aliphatic carbocycles. The second-order valence-electron chi connectivity index (χ2n) is 6.82. The molecule has 2 aromatic carbocycles. The van der Waals surface area contributed by atoms with Gasteiger partial charge in [-0.3, -0.25) is 9.59 Å². The normalized spacial score (nSPS) is 13.8. The number of aromatic nitrogens is 1. The van der Waals surface area contributed by atoms with Crippen LogP contribution < -0.4 is 20.4 Å². The minimum absolute atomic E-state index is 0.220. The van der Waals surface area contributed by atoms with Crippen LogP contribution in [0.4, 0.5) is 27.0 Å². The highest BCUT2D eigenvalue weighted by molar-refractivity contribution is 7.22. The van der Waals surface area contributed by atoms with E-state index < -0.39 is 0 Å². The molecule has 1 fully saturated rings. The molecule has 0 saturated carbocycles. The number of hydrogen-bond acceptors (Lipinski definition) is 6. The quantitative estimate of drug-likeness (QED) is 0.642. The molecule has 3 aromatic rings. The van der Waals surface area contributed by atoms with Gasteiger partial charge in [0, 0.05) is 44.0 Å². The van der Waals surface area contributed by atoms with Crippen molar-refractivity contribution in [1.29, 1.82) is 0 Å². The predicted molar refractivity (Wildman–Crippen MR) is 115 cm³/mol. The van der Waals surface area contributed by atoms with Gasteiger partial charge < -0.3 is 15.5 Å². The SMILES string of the molecule is CN(C)c1ccc(NC(=O)Nc2ccc3nc(N4C(=O)CCC4=O)sc3c2)cc1. The first-order valence-electron chi connectivity index (χ1n) is 9.02. The van der Waals surface area contributed by atoms with Crippen LogP contribution in [0.25, 0.3) is 10.2 Å². The molecule has 1 aliphatic heterocycles. The van der Waals surface area contributed by atoms with Crippen molar-refractivity contribution >= 4 is 61.6 Å². The first-order valence-corrected chi connectivity index (χ1v) is 9.84. The Morgan fingerprint density at radius 3 is 2.28 bits per heavy atom. The predicted octanol–water partition coefficient (Wildman–Crippen LogP) is 3.66. The number of urea groups is 1. The molecule has 0 spiro atoms. The first-order chi connectivity index (χ1) is 13.9. The van der Waals surface area contributed by atoms with Crippen LogP contribution in [-0.4, -0.2) is 36.9 Å². The van der Waals surface area contributed by atoms with Gasteiger partial charge in [-0.2, -0.15) is 0 Å². The van der Waals surface area contributed by atoms with Crippen molar-refractivity contribution in [3.8, 4) is 0 Å². The topological polar surface area (TPSA) is 94.6 Å². The molecular formula is C20H19N5O3S. The summed E-state index contributed by atoms with van der Waals surface area (Å²) >= 11 is 1.25. The van der Waals surface area contributed by atoms with Crippen LogP contribution in [0, 0.1) is 0 Å². The van der Waals surface area contributed by atoms with Crippen LogP contribution in [0.2, 0.25) is 0 Å². The third kappa shape index (κ3) is 3.90. The standard InChI is InChI=1S/C20H19N5O3S/c1-24(2)14-6-3-12(4-7-14)21-19(28)22-13-5-8-15-16(11-13)29-20(23-15)25-17(26)9-10-18(25)27/h3-8,11H,9-10H2,1-2H3,(H2,21,22,28). The largest absolute Gasteiger partial charge is 0.378 e. The number of nitrogens with zero attached hydrogens (tertiary/aromatic N) is 3. The average molecular weight is 409 g/mol. The molecule has 0 unspecified atom stereocenters. The van der Waals surface area contributed by atoms with Gasteiger partial charge in [0.1, 0.15) is 0 Å². The molecular weight excluding hydrogens is 390 g/mol. The smallest absolute Gasteiger partial charge is 0.323 e. The monoisotopic (exact) mass is 409 g/mol. The molecule has 4 rings (SSSR count). The van der Waals surface area contributed by atoms with Crippen LogP contribution in [-0.2, 0) is 9.59 Å². The van der Waals surface area contributed by atoms with E-state index in [2.05, 4.69) is 15.6 Å². The number of carbonyl (C=O) groups excluding carboxylic acids is 3. The number of nitrogens with one attached hydrogen (secondary N) is 2. The van der Waals surface area contributed by atoms with Crippen molar-refractivity contribution in [2.24, 2.45) is 0 Å². The van der Waals surface area contributed by atoms with E-state index in [0.717, 1.165) is 15.3 Å². The van der Waals surface area contributed by atoms with Crippen LogP contribution in [0.1, 0.15) is 12.8 Å². The van der Waals surface area contributed by atoms with E-state index in [-0.39, 0.29) is 30.7 Å². The highest BCUT2D eigenvalue weighted by Crippen LogP contribution is 2.33. The third-order valence-corrected chi connectivity index (χ3v) is 5.52. The van der Waals surface area contributed by atoms with E-state index in [0.29, 0.717) is 22.0 Å². The van der Waals surface area contributed by atoms with Gasteiger partial charge in [0.05, 0.1) is 10.2 Å². The van der Waals surface area contributed by atoms with E-state index in [9.17, 15) is 14.4 Å². The molecule has 1 saturated heterocycles. The lowest BCUT2D eigenvalue weighted by Gasteiger charge is -2.13. The Labute approximate surface area is 171 Å². The first kappa shape index (κ1) is 18.9. The summed E-state index contributed by atoms with van der Waals surface area (Å²) in [5, 5.41) is 5.95. The van der Waals surface area contributed by atoms with E-state index in [1.165, 1.54) is 11.3 Å². The fraction of sp³-hybridized carbons (Fsp3) is 0.200. The van der Waals surface area contributed by atoms with Gasteiger partial charge in [-0.15, -0.1) is 0 Å². The molecule has 0 radical (unpaired) electrons. The number of fused-ring (bicyclic) bond motifs is 1. The average Bonchev–Trinajstić information content (AvgIpc) is 3.24. The summed E-state index contributed by atoms with van der Waals surface area (Å²) in [5.41, 5.74) is 2.98. The minimum atomic E-state index is -0.364. The third-order valence-electron chi connectivity index (χ3n) is 4.52. The zero-order valence-electron chi connectivity index (χ0n) is 15.9. The Morgan fingerprint density at radius 2 is 1.62 bits per heavy atom. The second kappa shape index (κ2) is 7.51. The Balaban J connectivity index is 1.47. The van der Waals surface area contributed by atoms with Crippen molar-refractivity contribution in [2.75, 3.05) is 34.5 Å². The minimum Gasteiger partial charge on any atom is -0.378 e. The van der Waals surface area contributed by atoms with Crippen LogP contribution >= 0.6 is 11.3 Å². The van der Waals surface area contributed by atoms with Gasteiger partial charge >= 0.3 is 6.03 Å². The molecule has 1 aliphatic rings. The van der Waals surface area contributed by atoms with Crippen LogP contribution in [0.5, 0.6) is 0 Å². The van der Waals surface area contributed by atoms with Gasteiger partial charge in [-0.25, -0.2) is 14.7 Å². The number of thiazole rings is 1. The number of anilines is 4. The summed E-state index contributed by atoms with van der Waals surface area (Å²) in [7, 11) is 3.90. The Kier molecular flexibility index (Phi) is 4.89. The zero-order valence-corrected chi connectivity index (χ0v) is 16.7. The van der Waals surface area contributed by atoms with E-state index in [1.807, 2.05) is 43.3 Å². The van der Waals surface area contributed by atoms with Gasteiger partial charge in [-0.05, 0) is 42.5 Å². The Hall–Kier alpha value is -3.46. The van der Waals surface area contributed by atoms with Crippen molar-refractivity contribution in [3.05, 3.63) is 42.5 Å². The second-order valence-corrected chi connectivity index (χ2v) is 7.83. The molecule has 9 heteroatoms. The summed E-state index contributed by atoms with van der Waals surface area (Å²) in [4.78, 5) is 43.6. The zero-order chi connectivity index (χ0) is 20.5. The van der Waals surface area contributed by atoms with Gasteiger partial charge in [0.25, 0.3) is 0 Å². The maximum Gasteiger partial charge on any atom is 0.323 e. The molecule has 1 aromatic heterocycles. The summed E-state index contributed by atoms with van der Waals surface area (Å²) in [6.45, 7) is 0. The van der Waals surface area contributed by atoms with Crippen molar-refractivity contribution in [3.63, 3.8) is 0 Å². The maximum absolute atomic E-state index is 12.3. The highest BCUT2D eigenvalue weighted by atomic mass is 32.1. The number of imide groups is 1. The van der Waals surface area contributed by atoms with E-state index in [4.69, 9.17) is 0 Å². The molecule has 0 atom stereocenters. The van der Waals surface area contributed by atoms with E-state index in [1.54, 1.807) is 18.2 Å². The van der Waals surface area contributed by atoms with Gasteiger partial charge in [-0.1, -0.05) is 11.3 Å². The molecule has 4 amide bonds. The van der Waals surface area contributed by atoms with Crippen molar-refractivity contribution in [1.82, 2.24) is 4.98 Å². The van der Waals surface area contributed by atoms with Crippen LogP contribution in [0.15, 0.2) is 42.5 Å². The lowest BCUT2D eigenvalue weighted by molar-refractivity contribution is -0.121. The molecule has 0 bridgehead atoms. The van der Waals surface area contributed by atoms with Gasteiger partial charge in [0.15, 0.2) is 5.13 Å². The number of benzene rings is 2. The summed E-state index contributed by atoms with van der Waals surface area (Å²) in [6.07, 6.45) is 0.439. The molecule has 2 N–H and O–H groups in total. The number of amides is 4. The summed E-state index contributed by atoms with van der Waals surface area (Å²) in [6, 6.07) is 12.4. The Morgan fingerprint density at radius 1 is 1.00 bits per heavy atom. The number of hydrogen-bond donors (Lipinski definition) is 2. The number of carbonyl (C=O) groups is 3. The molecule has 29 heavy (non-hydrogen) atoms. The lowest BCUT2D eigenvalue weighted by Crippen LogP contribution is -2.28. The van der Waals surface area contributed by atoms with Gasteiger partial charge in [0.2, 0.25) is 11.8 Å². The van der Waals surface area contributed by atoms with E-state index >= 15 is 0 Å². The lowest BCUT2D eigenvalue weighted by atomic mass is 10.2. The fourth-order valence-corrected chi connectivity index (χ4v) is 4.05. The van der Waals surface area contributed by atoms with Crippen LogP contribution in [0.3, 0.4) is 0 Å². The van der Waals surface area contributed by atoms with Crippen molar-refractivity contribution < 1.29 is 14.4 Å². The molecule has 148 valence electrons. The highest BCUT2D eigenvalue weighted by Gasteiger charge is 2.32. The molecule has 2 heterocycles. The van der Waals surface area contributed by atoms with Crippen molar-refractivity contribution in [2.45, 2.75) is 12.8 Å². The fourth-order valence-electron chi connectivity index (χ4n) is 3.01. The molecule has 8 nitrogen and oxygen atoms in total. The summed E-state index contributed by atoms with van der Waals surface area (Å²) < 4.78 is 0.778. The summed E-state index contributed by atoms with van der Waals surface area (Å²) in [5.74, 6) is -0.459. The number of rotatable bonds is 4.